The Bertz CT molecular complexity index is 493. The first-order chi connectivity index (χ1) is 8.58. The van der Waals surface area contributed by atoms with Crippen molar-refractivity contribution in [3.8, 4) is 0 Å². The van der Waals surface area contributed by atoms with Crippen LogP contribution in [0.25, 0.3) is 0 Å². The number of halogens is 1. The highest BCUT2D eigenvalue weighted by Crippen LogP contribution is 2.18. The van der Waals surface area contributed by atoms with Crippen LogP contribution in [0.4, 0.5) is 0 Å². The Labute approximate surface area is 109 Å². The monoisotopic (exact) mass is 269 g/mol. The Balaban J connectivity index is 2.19. The third-order valence-corrected chi connectivity index (χ3v) is 3.07. The lowest BCUT2D eigenvalue weighted by molar-refractivity contribution is -0.486. The summed E-state index contributed by atoms with van der Waals surface area (Å²) in [5.41, 5.74) is 0.825. The van der Waals surface area contributed by atoms with Crippen molar-refractivity contribution in [1.29, 1.82) is 0 Å². The van der Waals surface area contributed by atoms with Crippen molar-refractivity contribution < 1.29 is 5.03 Å². The van der Waals surface area contributed by atoms with Crippen LogP contribution in [0.2, 0.25) is 5.02 Å². The number of likely N-dealkylation sites (N-methyl/N-ethyl adjacent to an activating group) is 1. The molecule has 0 amide bonds. The second-order valence-electron chi connectivity index (χ2n) is 3.95. The van der Waals surface area contributed by atoms with Crippen LogP contribution in [0.5, 0.6) is 0 Å². The molecule has 1 aromatic rings. The number of hydrogen-bond acceptors (Lipinski definition) is 3. The summed E-state index contributed by atoms with van der Waals surface area (Å²) in [6, 6.07) is 1.70. The van der Waals surface area contributed by atoms with Crippen molar-refractivity contribution in [3.63, 3.8) is 0 Å². The zero-order valence-corrected chi connectivity index (χ0v) is 10.5. The molecule has 0 spiro atoms. The molecule has 0 atom stereocenters. The summed E-state index contributed by atoms with van der Waals surface area (Å²) < 4.78 is 0. The van der Waals surface area contributed by atoms with Crippen LogP contribution in [0.1, 0.15) is 5.56 Å². The predicted octanol–water partition coefficient (Wildman–Crippen LogP) is 1.03. The number of hydrogen-bond donors (Lipinski definition) is 0. The molecule has 2 rings (SSSR count). The molecule has 1 aliphatic heterocycles. The van der Waals surface area contributed by atoms with E-state index in [4.69, 9.17) is 11.6 Å². The molecule has 2 heterocycles. The van der Waals surface area contributed by atoms with E-state index in [1.165, 1.54) is 0 Å². The average molecular weight is 270 g/mol. The molecule has 0 aliphatic carbocycles. The van der Waals surface area contributed by atoms with Gasteiger partial charge >= 0.3 is 0 Å². The van der Waals surface area contributed by atoms with Crippen LogP contribution in [0.15, 0.2) is 23.6 Å². The molecule has 0 bridgehead atoms. The number of nitrogens with zero attached hydrogens (tertiary/aromatic N) is 5. The fraction of sp³-hybridized carbons (Fsp3) is 0.400. The van der Waals surface area contributed by atoms with E-state index in [2.05, 4.69) is 10.1 Å². The van der Waals surface area contributed by atoms with Crippen LogP contribution >= 0.6 is 11.6 Å². The van der Waals surface area contributed by atoms with Gasteiger partial charge in [-0.3, -0.25) is 4.98 Å². The van der Waals surface area contributed by atoms with E-state index in [-0.39, 0.29) is 0 Å². The fourth-order valence-electron chi connectivity index (χ4n) is 1.81. The fourth-order valence-corrected chi connectivity index (χ4v) is 1.97. The van der Waals surface area contributed by atoms with Gasteiger partial charge in [-0.1, -0.05) is 11.6 Å². The van der Waals surface area contributed by atoms with Gasteiger partial charge in [-0.25, -0.2) is 10.1 Å². The van der Waals surface area contributed by atoms with Crippen molar-refractivity contribution in [2.45, 2.75) is 6.54 Å². The molecule has 8 heteroatoms. The predicted molar refractivity (Wildman–Crippen MR) is 66.7 cm³/mol. The third-order valence-electron chi connectivity index (χ3n) is 2.71. The van der Waals surface area contributed by atoms with Crippen LogP contribution in [0, 0.1) is 10.1 Å². The van der Waals surface area contributed by atoms with E-state index in [0.29, 0.717) is 30.6 Å². The van der Waals surface area contributed by atoms with Gasteiger partial charge in [0.25, 0.3) is 5.96 Å². The van der Waals surface area contributed by atoms with Gasteiger partial charge < -0.3 is 9.80 Å². The van der Waals surface area contributed by atoms with E-state index >= 15 is 0 Å². The minimum atomic E-state index is -0.686. The maximum absolute atomic E-state index is 10.5. The molecule has 1 aromatic heterocycles. The normalized spacial score (nSPS) is 17.6. The molecule has 0 saturated carbocycles. The van der Waals surface area contributed by atoms with E-state index in [0.717, 1.165) is 5.56 Å². The summed E-state index contributed by atoms with van der Waals surface area (Å²) >= 11 is 6.04. The van der Waals surface area contributed by atoms with Gasteiger partial charge in [0.15, 0.2) is 5.03 Å². The highest BCUT2D eigenvalue weighted by Gasteiger charge is 2.27. The summed E-state index contributed by atoms with van der Waals surface area (Å²) in [4.78, 5) is 18.0. The smallest absolute Gasteiger partial charge is 0.274 e. The number of hydrazone groups is 1. The lowest BCUT2D eigenvalue weighted by Crippen LogP contribution is -2.32. The minimum Gasteiger partial charge on any atom is -0.339 e. The highest BCUT2D eigenvalue weighted by atomic mass is 35.5. The van der Waals surface area contributed by atoms with Gasteiger partial charge in [0.2, 0.25) is 0 Å². The number of guanidine groups is 1. The maximum atomic E-state index is 10.5. The number of rotatable bonds is 3. The second kappa shape index (κ2) is 5.18. The standard InChI is InChI=1S/C10H12ClN5O2/c1-14-4-5-15(10(14)13-16(17)18)7-8-6-12-3-2-9(8)11/h2-3,6H,4-5,7H2,1H3/b13-10+. The first kappa shape index (κ1) is 12.6. The Kier molecular flexibility index (Phi) is 3.61. The summed E-state index contributed by atoms with van der Waals surface area (Å²) in [5, 5.41) is 13.8. The first-order valence-electron chi connectivity index (χ1n) is 5.35. The maximum Gasteiger partial charge on any atom is 0.274 e. The third kappa shape index (κ3) is 2.67. The molecule has 1 aliphatic rings. The molecule has 0 N–H and O–H groups in total. The molecule has 0 radical (unpaired) electrons. The molecular weight excluding hydrogens is 258 g/mol. The van der Waals surface area contributed by atoms with Gasteiger partial charge in [0.05, 0.1) is 0 Å². The summed E-state index contributed by atoms with van der Waals surface area (Å²) in [6.07, 6.45) is 3.26. The van der Waals surface area contributed by atoms with Gasteiger partial charge in [-0.05, 0) is 6.07 Å². The van der Waals surface area contributed by atoms with Gasteiger partial charge in [-0.15, -0.1) is 0 Å². The van der Waals surface area contributed by atoms with Crippen molar-refractivity contribution in [2.24, 2.45) is 5.10 Å². The average Bonchev–Trinajstić information content (AvgIpc) is 2.64. The summed E-state index contributed by atoms with van der Waals surface area (Å²) in [7, 11) is 1.77. The Hall–Kier alpha value is -1.89. The van der Waals surface area contributed by atoms with Crippen LogP contribution in [-0.2, 0) is 6.54 Å². The SMILES string of the molecule is CN1CCN(Cc2cnccc2Cl)/C1=N/[N+](=O)[O-]. The lowest BCUT2D eigenvalue weighted by atomic mass is 10.2. The zero-order chi connectivity index (χ0) is 13.1. The molecule has 1 fully saturated rings. The Morgan fingerprint density at radius 1 is 1.61 bits per heavy atom. The largest absolute Gasteiger partial charge is 0.339 e. The molecule has 1 saturated heterocycles. The van der Waals surface area contributed by atoms with E-state index in [9.17, 15) is 10.1 Å². The van der Waals surface area contributed by atoms with E-state index in [1.807, 2.05) is 4.90 Å². The van der Waals surface area contributed by atoms with Gasteiger partial charge in [-0.2, -0.15) is 0 Å². The molecular formula is C10H12ClN5O2. The van der Waals surface area contributed by atoms with E-state index < -0.39 is 5.03 Å². The number of pyridine rings is 1. The Morgan fingerprint density at radius 2 is 2.39 bits per heavy atom. The molecule has 96 valence electrons. The van der Waals surface area contributed by atoms with Crippen molar-refractivity contribution in [1.82, 2.24) is 14.8 Å². The zero-order valence-electron chi connectivity index (χ0n) is 9.78. The van der Waals surface area contributed by atoms with Crippen LogP contribution < -0.4 is 0 Å². The quantitative estimate of drug-likeness (QED) is 0.605. The Morgan fingerprint density at radius 3 is 3.06 bits per heavy atom. The van der Waals surface area contributed by atoms with Crippen molar-refractivity contribution >= 4 is 17.6 Å². The topological polar surface area (TPSA) is 74.9 Å². The second-order valence-corrected chi connectivity index (χ2v) is 4.36. The highest BCUT2D eigenvalue weighted by molar-refractivity contribution is 6.31. The molecule has 0 aromatic carbocycles. The number of nitro groups is 1. The number of aromatic nitrogens is 1. The van der Waals surface area contributed by atoms with Gasteiger partial charge in [0.1, 0.15) is 5.10 Å². The minimum absolute atomic E-state index is 0.347. The van der Waals surface area contributed by atoms with Crippen molar-refractivity contribution in [2.75, 3.05) is 20.1 Å². The van der Waals surface area contributed by atoms with Crippen LogP contribution in [0.3, 0.4) is 0 Å². The summed E-state index contributed by atoms with van der Waals surface area (Å²) in [6.45, 7) is 1.84. The first-order valence-corrected chi connectivity index (χ1v) is 5.73. The van der Waals surface area contributed by atoms with Crippen molar-refractivity contribution in [3.05, 3.63) is 39.2 Å². The lowest BCUT2D eigenvalue weighted by Gasteiger charge is -2.18. The molecule has 0 unspecified atom stereocenters. The van der Waals surface area contributed by atoms with E-state index in [1.54, 1.807) is 30.4 Å². The summed E-state index contributed by atoms with van der Waals surface area (Å²) in [5.74, 6) is 0.347. The van der Waals surface area contributed by atoms with Crippen LogP contribution in [-0.4, -0.2) is 45.9 Å². The molecule has 18 heavy (non-hydrogen) atoms. The molecule has 7 nitrogen and oxygen atoms in total. The van der Waals surface area contributed by atoms with Gasteiger partial charge in [0, 0.05) is 49.7 Å².